The number of halogens is 1. The van der Waals surface area contributed by atoms with Crippen molar-refractivity contribution in [3.8, 4) is 28.2 Å². The van der Waals surface area contributed by atoms with Gasteiger partial charge in [0.1, 0.15) is 17.3 Å². The van der Waals surface area contributed by atoms with Crippen molar-refractivity contribution < 1.29 is 14.2 Å². The van der Waals surface area contributed by atoms with Gasteiger partial charge in [-0.1, -0.05) is 18.2 Å². The average molecular weight is 490 g/mol. The van der Waals surface area contributed by atoms with Gasteiger partial charge in [0.15, 0.2) is 0 Å². The maximum atomic E-state index is 13.6. The molecular formula is C27H28FN5O3. The van der Waals surface area contributed by atoms with E-state index < -0.39 is 0 Å². The Hall–Kier alpha value is -3.82. The molecule has 2 aromatic carbocycles. The molecule has 1 aliphatic rings. The standard InChI is InChI=1S/C27H28FN5O3/c1-18-4-2-3-5-22(18)33-23(35)11-10-21(32-33)24-25(19-6-8-20(28)9-7-19)30-31-26(24)29-16-27(17-34)12-14-36-15-13-27/h2-11,34H,12-17H2,1H3,(H2,29,30,31). The van der Waals surface area contributed by atoms with Gasteiger partial charge in [0.2, 0.25) is 0 Å². The minimum absolute atomic E-state index is 0.0358. The Labute approximate surface area is 207 Å². The van der Waals surface area contributed by atoms with Crippen molar-refractivity contribution in [2.75, 3.05) is 31.7 Å². The van der Waals surface area contributed by atoms with Gasteiger partial charge < -0.3 is 15.2 Å². The van der Waals surface area contributed by atoms with Crippen LogP contribution < -0.4 is 10.9 Å². The number of nitrogens with one attached hydrogen (secondary N) is 2. The summed E-state index contributed by atoms with van der Waals surface area (Å²) in [5.41, 5.74) is 3.49. The number of hydrogen-bond donors (Lipinski definition) is 3. The molecule has 9 heteroatoms. The van der Waals surface area contributed by atoms with Crippen LogP contribution in [0.4, 0.5) is 10.2 Å². The molecule has 0 bridgehead atoms. The molecule has 3 heterocycles. The van der Waals surface area contributed by atoms with Crippen molar-refractivity contribution in [1.82, 2.24) is 20.0 Å². The molecule has 186 valence electrons. The normalized spacial score (nSPS) is 15.1. The van der Waals surface area contributed by atoms with Crippen LogP contribution in [0.2, 0.25) is 0 Å². The van der Waals surface area contributed by atoms with Gasteiger partial charge in [-0.25, -0.2) is 4.39 Å². The Morgan fingerprint density at radius 2 is 1.86 bits per heavy atom. The van der Waals surface area contributed by atoms with Crippen molar-refractivity contribution in [3.63, 3.8) is 0 Å². The lowest BCUT2D eigenvalue weighted by atomic mass is 9.81. The zero-order valence-electron chi connectivity index (χ0n) is 20.0. The second-order valence-electron chi connectivity index (χ2n) is 9.21. The summed E-state index contributed by atoms with van der Waals surface area (Å²) in [6.07, 6.45) is 1.47. The number of aromatic nitrogens is 4. The van der Waals surface area contributed by atoms with Crippen LogP contribution in [0, 0.1) is 18.2 Å². The molecule has 1 saturated heterocycles. The van der Waals surface area contributed by atoms with Gasteiger partial charge in [-0.2, -0.15) is 14.9 Å². The lowest BCUT2D eigenvalue weighted by Crippen LogP contribution is -2.39. The number of aliphatic hydroxyl groups is 1. The van der Waals surface area contributed by atoms with Gasteiger partial charge in [-0.05, 0) is 61.7 Å². The van der Waals surface area contributed by atoms with E-state index in [-0.39, 0.29) is 23.4 Å². The summed E-state index contributed by atoms with van der Waals surface area (Å²) in [7, 11) is 0. The van der Waals surface area contributed by atoms with E-state index in [0.717, 1.165) is 18.4 Å². The van der Waals surface area contributed by atoms with Crippen molar-refractivity contribution in [1.29, 1.82) is 0 Å². The summed E-state index contributed by atoms with van der Waals surface area (Å²) in [4.78, 5) is 12.8. The molecule has 0 radical (unpaired) electrons. The monoisotopic (exact) mass is 489 g/mol. The molecule has 0 atom stereocenters. The molecule has 1 aliphatic heterocycles. The topological polar surface area (TPSA) is 105 Å². The molecule has 0 aliphatic carbocycles. The molecule has 3 N–H and O–H groups in total. The van der Waals surface area contributed by atoms with E-state index in [2.05, 4.69) is 15.5 Å². The first-order valence-electron chi connectivity index (χ1n) is 11.9. The van der Waals surface area contributed by atoms with Crippen LogP contribution in [0.25, 0.3) is 28.2 Å². The smallest absolute Gasteiger partial charge is 0.271 e. The van der Waals surface area contributed by atoms with E-state index in [1.807, 2.05) is 31.2 Å². The highest BCUT2D eigenvalue weighted by molar-refractivity contribution is 5.87. The highest BCUT2D eigenvalue weighted by atomic mass is 19.1. The molecule has 0 spiro atoms. The minimum atomic E-state index is -0.343. The fourth-order valence-electron chi connectivity index (χ4n) is 4.53. The van der Waals surface area contributed by atoms with Gasteiger partial charge in [0.25, 0.3) is 5.56 Å². The Balaban J connectivity index is 1.60. The van der Waals surface area contributed by atoms with Gasteiger partial charge in [0.05, 0.1) is 23.6 Å². The highest BCUT2D eigenvalue weighted by Crippen LogP contribution is 2.37. The summed E-state index contributed by atoms with van der Waals surface area (Å²) in [6.45, 7) is 3.66. The summed E-state index contributed by atoms with van der Waals surface area (Å²) in [5, 5.41) is 25.8. The quantitative estimate of drug-likeness (QED) is 0.363. The number of H-pyrrole nitrogens is 1. The van der Waals surface area contributed by atoms with Crippen molar-refractivity contribution >= 4 is 5.82 Å². The van der Waals surface area contributed by atoms with E-state index in [9.17, 15) is 14.3 Å². The van der Waals surface area contributed by atoms with Gasteiger partial charge in [-0.3, -0.25) is 9.89 Å². The Morgan fingerprint density at radius 3 is 2.58 bits per heavy atom. The summed E-state index contributed by atoms with van der Waals surface area (Å²) in [5.74, 6) is 0.265. The molecule has 0 amide bonds. The molecule has 8 nitrogen and oxygen atoms in total. The number of aliphatic hydroxyl groups excluding tert-OH is 1. The second-order valence-corrected chi connectivity index (χ2v) is 9.21. The maximum Gasteiger partial charge on any atom is 0.271 e. The third-order valence-electron chi connectivity index (χ3n) is 6.81. The lowest BCUT2D eigenvalue weighted by Gasteiger charge is -2.35. The summed E-state index contributed by atoms with van der Waals surface area (Å²) >= 11 is 0. The summed E-state index contributed by atoms with van der Waals surface area (Å²) < 4.78 is 20.5. The van der Waals surface area contributed by atoms with Crippen molar-refractivity contribution in [2.45, 2.75) is 19.8 Å². The molecule has 36 heavy (non-hydrogen) atoms. The van der Waals surface area contributed by atoms with E-state index in [1.54, 1.807) is 18.2 Å². The van der Waals surface area contributed by atoms with Crippen molar-refractivity contribution in [3.05, 3.63) is 82.4 Å². The van der Waals surface area contributed by atoms with Crippen LogP contribution in [0.3, 0.4) is 0 Å². The van der Waals surface area contributed by atoms with Gasteiger partial charge >= 0.3 is 0 Å². The SMILES string of the molecule is Cc1ccccc1-n1nc(-c2c(-c3ccc(F)cc3)n[nH]c2NCC2(CO)CCOCC2)ccc1=O. The van der Waals surface area contributed by atoms with E-state index >= 15 is 0 Å². The molecule has 4 aromatic rings. The van der Waals surface area contributed by atoms with Gasteiger partial charge in [0, 0.05) is 36.8 Å². The number of para-hydroxylation sites is 1. The molecule has 0 saturated carbocycles. The van der Waals surface area contributed by atoms with Crippen LogP contribution in [0.5, 0.6) is 0 Å². The molecule has 2 aromatic heterocycles. The number of nitrogens with zero attached hydrogens (tertiary/aromatic N) is 3. The van der Waals surface area contributed by atoms with Crippen LogP contribution in [-0.4, -0.2) is 51.4 Å². The van der Waals surface area contributed by atoms with Gasteiger partial charge in [-0.15, -0.1) is 0 Å². The highest BCUT2D eigenvalue weighted by Gasteiger charge is 2.32. The fourth-order valence-corrected chi connectivity index (χ4v) is 4.53. The first-order valence-corrected chi connectivity index (χ1v) is 11.9. The lowest BCUT2D eigenvalue weighted by molar-refractivity contribution is -0.00861. The second kappa shape index (κ2) is 10.0. The predicted octanol–water partition coefficient (Wildman–Crippen LogP) is 3.94. The Bertz CT molecular complexity index is 1410. The van der Waals surface area contributed by atoms with E-state index in [1.165, 1.54) is 22.9 Å². The van der Waals surface area contributed by atoms with E-state index in [0.29, 0.717) is 53.8 Å². The van der Waals surface area contributed by atoms with Crippen LogP contribution >= 0.6 is 0 Å². The van der Waals surface area contributed by atoms with Crippen LogP contribution in [0.1, 0.15) is 18.4 Å². The van der Waals surface area contributed by atoms with Crippen LogP contribution in [-0.2, 0) is 4.74 Å². The number of hydrogen-bond acceptors (Lipinski definition) is 6. The third kappa shape index (κ3) is 4.67. The summed E-state index contributed by atoms with van der Waals surface area (Å²) in [6, 6.07) is 16.8. The first kappa shape index (κ1) is 23.9. The minimum Gasteiger partial charge on any atom is -0.396 e. The number of benzene rings is 2. The average Bonchev–Trinajstić information content (AvgIpc) is 3.33. The largest absolute Gasteiger partial charge is 0.396 e. The molecule has 1 fully saturated rings. The Morgan fingerprint density at radius 1 is 1.11 bits per heavy atom. The number of aryl methyl sites for hydroxylation is 1. The van der Waals surface area contributed by atoms with Crippen molar-refractivity contribution in [2.24, 2.45) is 5.41 Å². The third-order valence-corrected chi connectivity index (χ3v) is 6.81. The molecule has 0 unspecified atom stereocenters. The zero-order chi connectivity index (χ0) is 25.1. The fraction of sp³-hybridized carbons (Fsp3) is 0.296. The maximum absolute atomic E-state index is 13.6. The number of aromatic amines is 1. The predicted molar refractivity (Wildman–Crippen MR) is 136 cm³/mol. The number of anilines is 1. The van der Waals surface area contributed by atoms with E-state index in [4.69, 9.17) is 9.84 Å². The molecular weight excluding hydrogens is 461 g/mol. The molecule has 5 rings (SSSR count). The number of rotatable bonds is 7. The first-order chi connectivity index (χ1) is 17.5. The number of ether oxygens (including phenoxy) is 1. The zero-order valence-corrected chi connectivity index (χ0v) is 20.0. The van der Waals surface area contributed by atoms with Crippen LogP contribution in [0.15, 0.2) is 65.5 Å². The Kier molecular flexibility index (Phi) is 6.67.